The van der Waals surface area contributed by atoms with Gasteiger partial charge in [0, 0.05) is 5.92 Å². The highest BCUT2D eigenvalue weighted by Crippen LogP contribution is 2.57. The summed E-state index contributed by atoms with van der Waals surface area (Å²) in [6, 6.07) is 9.42. The Morgan fingerprint density at radius 3 is 2.05 bits per heavy atom. The van der Waals surface area contributed by atoms with Gasteiger partial charge in [-0.1, -0.05) is 37.3 Å². The number of benzene rings is 1. The van der Waals surface area contributed by atoms with Gasteiger partial charge in [-0.25, -0.2) is 0 Å². The molecule has 124 valence electrons. The standard InChI is InChI=1S/C16H25O5P/c1-5-19-16(17)15(22(18,20-6-2)21-7-3)13(4)14-11-9-8-10-12-14/h8-13,15H,5-7H2,1-4H3/t13-,15+/m1/s1. The van der Waals surface area contributed by atoms with Crippen molar-refractivity contribution in [1.82, 2.24) is 0 Å². The van der Waals surface area contributed by atoms with Crippen molar-refractivity contribution in [3.8, 4) is 0 Å². The molecule has 0 saturated carbocycles. The predicted octanol–water partition coefficient (Wildman–Crippen LogP) is 3.99. The molecule has 0 heterocycles. The Morgan fingerprint density at radius 1 is 1.05 bits per heavy atom. The van der Waals surface area contributed by atoms with Crippen LogP contribution in [0.15, 0.2) is 30.3 Å². The van der Waals surface area contributed by atoms with E-state index in [1.54, 1.807) is 20.8 Å². The van der Waals surface area contributed by atoms with E-state index in [9.17, 15) is 9.36 Å². The summed E-state index contributed by atoms with van der Waals surface area (Å²) in [7, 11) is -3.61. The summed E-state index contributed by atoms with van der Waals surface area (Å²) in [5, 5.41) is 0. The molecule has 1 aromatic rings. The zero-order valence-corrected chi connectivity index (χ0v) is 14.5. The van der Waals surface area contributed by atoms with Crippen LogP contribution >= 0.6 is 7.60 Å². The van der Waals surface area contributed by atoms with Crippen LogP contribution in [-0.2, 0) is 23.1 Å². The number of carbonyl (C=O) groups excluding carboxylic acids is 1. The lowest BCUT2D eigenvalue weighted by atomic mass is 9.97. The van der Waals surface area contributed by atoms with Crippen molar-refractivity contribution in [1.29, 1.82) is 0 Å². The molecule has 0 aliphatic carbocycles. The number of carbonyl (C=O) groups is 1. The quantitative estimate of drug-likeness (QED) is 0.507. The van der Waals surface area contributed by atoms with Crippen LogP contribution in [0.4, 0.5) is 0 Å². The van der Waals surface area contributed by atoms with Crippen LogP contribution in [0.2, 0.25) is 0 Å². The Hall–Kier alpha value is -1.16. The summed E-state index contributed by atoms with van der Waals surface area (Å²) < 4.78 is 29.0. The number of ether oxygens (including phenoxy) is 1. The minimum absolute atomic E-state index is 0.203. The van der Waals surface area contributed by atoms with Gasteiger partial charge in [-0.15, -0.1) is 0 Å². The fourth-order valence-electron chi connectivity index (χ4n) is 2.33. The summed E-state index contributed by atoms with van der Waals surface area (Å²) in [5.74, 6) is -0.895. The molecule has 5 nitrogen and oxygen atoms in total. The molecule has 1 rings (SSSR count). The lowest BCUT2D eigenvalue weighted by molar-refractivity contribution is -0.143. The number of rotatable bonds is 9. The molecular weight excluding hydrogens is 303 g/mol. The Morgan fingerprint density at radius 2 is 1.59 bits per heavy atom. The van der Waals surface area contributed by atoms with E-state index in [-0.39, 0.29) is 25.7 Å². The van der Waals surface area contributed by atoms with E-state index >= 15 is 0 Å². The van der Waals surface area contributed by atoms with Gasteiger partial charge in [0.05, 0.1) is 19.8 Å². The molecule has 0 N–H and O–H groups in total. The van der Waals surface area contributed by atoms with Crippen molar-refractivity contribution in [2.24, 2.45) is 0 Å². The van der Waals surface area contributed by atoms with E-state index in [0.29, 0.717) is 0 Å². The van der Waals surface area contributed by atoms with Crippen LogP contribution in [0, 0.1) is 0 Å². The van der Waals surface area contributed by atoms with Crippen molar-refractivity contribution < 1.29 is 23.1 Å². The molecule has 0 aromatic heterocycles. The van der Waals surface area contributed by atoms with E-state index in [0.717, 1.165) is 5.56 Å². The first-order valence-electron chi connectivity index (χ1n) is 7.60. The van der Waals surface area contributed by atoms with Gasteiger partial charge in [0.2, 0.25) is 0 Å². The highest BCUT2D eigenvalue weighted by atomic mass is 31.2. The van der Waals surface area contributed by atoms with Crippen LogP contribution in [-0.4, -0.2) is 31.4 Å². The van der Waals surface area contributed by atoms with Gasteiger partial charge < -0.3 is 13.8 Å². The molecule has 0 fully saturated rings. The summed E-state index contributed by atoms with van der Waals surface area (Å²) >= 11 is 0. The van der Waals surface area contributed by atoms with Gasteiger partial charge in [-0.05, 0) is 26.3 Å². The third-order valence-corrected chi connectivity index (χ3v) is 5.86. The van der Waals surface area contributed by atoms with Gasteiger partial charge in [0.15, 0.2) is 5.66 Å². The maximum absolute atomic E-state index is 13.1. The first kappa shape index (κ1) is 18.9. The van der Waals surface area contributed by atoms with Crippen molar-refractivity contribution >= 4 is 13.6 Å². The Labute approximate surface area is 132 Å². The van der Waals surface area contributed by atoms with Crippen molar-refractivity contribution in [2.75, 3.05) is 19.8 Å². The number of hydrogen-bond donors (Lipinski definition) is 0. The average molecular weight is 328 g/mol. The van der Waals surface area contributed by atoms with Crippen LogP contribution in [0.5, 0.6) is 0 Å². The first-order chi connectivity index (χ1) is 10.5. The number of esters is 1. The number of hydrogen-bond acceptors (Lipinski definition) is 5. The molecule has 0 aliphatic heterocycles. The Bertz CT molecular complexity index is 493. The third-order valence-electron chi connectivity index (χ3n) is 3.29. The van der Waals surface area contributed by atoms with E-state index in [2.05, 4.69) is 0 Å². The minimum Gasteiger partial charge on any atom is -0.465 e. The molecule has 2 atom stereocenters. The van der Waals surface area contributed by atoms with Gasteiger partial charge in [0.25, 0.3) is 0 Å². The average Bonchev–Trinajstić information content (AvgIpc) is 2.49. The van der Waals surface area contributed by atoms with E-state index in [1.165, 1.54) is 0 Å². The van der Waals surface area contributed by atoms with Gasteiger partial charge >= 0.3 is 13.6 Å². The molecule has 0 aliphatic rings. The van der Waals surface area contributed by atoms with Crippen LogP contribution in [0.3, 0.4) is 0 Å². The minimum atomic E-state index is -3.61. The summed E-state index contributed by atoms with van der Waals surface area (Å²) in [4.78, 5) is 12.4. The second kappa shape index (κ2) is 9.09. The van der Waals surface area contributed by atoms with Gasteiger partial charge in [-0.3, -0.25) is 9.36 Å². The third kappa shape index (κ3) is 4.67. The van der Waals surface area contributed by atoms with Crippen LogP contribution < -0.4 is 0 Å². The van der Waals surface area contributed by atoms with E-state index in [1.807, 2.05) is 37.3 Å². The van der Waals surface area contributed by atoms with Gasteiger partial charge in [-0.2, -0.15) is 0 Å². The van der Waals surface area contributed by atoms with Gasteiger partial charge in [0.1, 0.15) is 0 Å². The van der Waals surface area contributed by atoms with E-state index in [4.69, 9.17) is 13.8 Å². The summed E-state index contributed by atoms with van der Waals surface area (Å²) in [6.45, 7) is 7.62. The first-order valence-corrected chi connectivity index (χ1v) is 9.21. The largest absolute Gasteiger partial charge is 0.465 e. The summed E-state index contributed by atoms with van der Waals surface area (Å²) in [6.07, 6.45) is 0. The SMILES string of the molecule is CCOC(=O)[C@H]([C@H](C)c1ccccc1)P(=O)(OCC)OCC. The smallest absolute Gasteiger partial charge is 0.345 e. The Kier molecular flexibility index (Phi) is 7.80. The highest BCUT2D eigenvalue weighted by Gasteiger charge is 2.46. The fraction of sp³-hybridized carbons (Fsp3) is 0.562. The second-order valence-electron chi connectivity index (χ2n) is 4.77. The maximum atomic E-state index is 13.1. The predicted molar refractivity (Wildman–Crippen MR) is 86.1 cm³/mol. The molecule has 1 aromatic carbocycles. The lowest BCUT2D eigenvalue weighted by Gasteiger charge is -2.29. The zero-order chi connectivity index (χ0) is 16.6. The lowest BCUT2D eigenvalue weighted by Crippen LogP contribution is -2.31. The molecular formula is C16H25O5P. The molecule has 0 bridgehead atoms. The van der Waals surface area contributed by atoms with Crippen molar-refractivity contribution in [3.63, 3.8) is 0 Å². The molecule has 0 amide bonds. The molecule has 0 unspecified atom stereocenters. The molecule has 0 spiro atoms. The Balaban J connectivity index is 3.22. The molecule has 0 radical (unpaired) electrons. The van der Waals surface area contributed by atoms with Crippen molar-refractivity contribution in [2.45, 2.75) is 39.3 Å². The fourth-order valence-corrected chi connectivity index (χ4v) is 4.50. The highest BCUT2D eigenvalue weighted by molar-refractivity contribution is 7.55. The van der Waals surface area contributed by atoms with Crippen LogP contribution in [0.1, 0.15) is 39.2 Å². The maximum Gasteiger partial charge on any atom is 0.345 e. The van der Waals surface area contributed by atoms with Crippen LogP contribution in [0.25, 0.3) is 0 Å². The van der Waals surface area contributed by atoms with E-state index < -0.39 is 19.2 Å². The topological polar surface area (TPSA) is 61.8 Å². The summed E-state index contributed by atoms with van der Waals surface area (Å²) in [5.41, 5.74) is -0.0880. The zero-order valence-electron chi connectivity index (χ0n) is 13.7. The van der Waals surface area contributed by atoms with Crippen molar-refractivity contribution in [3.05, 3.63) is 35.9 Å². The molecule has 0 saturated heterocycles. The monoisotopic (exact) mass is 328 g/mol. The normalized spacial score (nSPS) is 14.4. The molecule has 6 heteroatoms. The molecule has 22 heavy (non-hydrogen) atoms. The second-order valence-corrected chi connectivity index (χ2v) is 6.92.